The standard InChI is InChI=1S/C20H20N2O4/c1-2-3-10-25-13-5-6-14-12(11-13)4-8-16-18(14)19(22-26-16)15-7-9-17(23)21-20(15)24/h4-6,8,11,15H,2-3,7,9-10H2,1H3,(H,21,23,24). The van der Waals surface area contributed by atoms with Gasteiger partial charge in [-0.05, 0) is 47.9 Å². The summed E-state index contributed by atoms with van der Waals surface area (Å²) >= 11 is 0. The van der Waals surface area contributed by atoms with Crippen LogP contribution in [0.25, 0.3) is 21.7 Å². The van der Waals surface area contributed by atoms with Crippen LogP contribution in [0.2, 0.25) is 0 Å². The van der Waals surface area contributed by atoms with Gasteiger partial charge < -0.3 is 9.26 Å². The molecule has 1 aromatic heterocycles. The Morgan fingerprint density at radius 2 is 2.15 bits per heavy atom. The Labute approximate surface area is 150 Å². The molecular weight excluding hydrogens is 332 g/mol. The van der Waals surface area contributed by atoms with Gasteiger partial charge in [0.25, 0.3) is 0 Å². The molecule has 3 aromatic rings. The van der Waals surface area contributed by atoms with Gasteiger partial charge in [0.2, 0.25) is 11.8 Å². The average Bonchev–Trinajstić information content (AvgIpc) is 3.06. The third-order valence-electron chi connectivity index (χ3n) is 4.79. The Bertz CT molecular complexity index is 992. The van der Waals surface area contributed by atoms with Gasteiger partial charge in [-0.15, -0.1) is 0 Å². The smallest absolute Gasteiger partial charge is 0.235 e. The van der Waals surface area contributed by atoms with Crippen LogP contribution in [0.5, 0.6) is 5.75 Å². The molecule has 4 rings (SSSR count). The summed E-state index contributed by atoms with van der Waals surface area (Å²) in [5.41, 5.74) is 1.23. The van der Waals surface area contributed by atoms with Crippen molar-refractivity contribution in [2.45, 2.75) is 38.5 Å². The number of benzene rings is 2. The van der Waals surface area contributed by atoms with Crippen LogP contribution in [0, 0.1) is 0 Å². The van der Waals surface area contributed by atoms with Crippen molar-refractivity contribution in [3.63, 3.8) is 0 Å². The van der Waals surface area contributed by atoms with E-state index in [1.807, 2.05) is 30.3 Å². The molecule has 134 valence electrons. The van der Waals surface area contributed by atoms with Crippen LogP contribution < -0.4 is 10.1 Å². The number of carbonyl (C=O) groups is 2. The second-order valence-electron chi connectivity index (χ2n) is 6.60. The number of hydrogen-bond acceptors (Lipinski definition) is 5. The van der Waals surface area contributed by atoms with Crippen molar-refractivity contribution < 1.29 is 18.8 Å². The molecule has 1 aliphatic heterocycles. The van der Waals surface area contributed by atoms with Gasteiger partial charge >= 0.3 is 0 Å². The lowest BCUT2D eigenvalue weighted by molar-refractivity contribution is -0.134. The molecule has 2 amide bonds. The van der Waals surface area contributed by atoms with Gasteiger partial charge in [0.1, 0.15) is 11.4 Å². The van der Waals surface area contributed by atoms with Crippen molar-refractivity contribution in [1.29, 1.82) is 0 Å². The van der Waals surface area contributed by atoms with E-state index >= 15 is 0 Å². The van der Waals surface area contributed by atoms with Gasteiger partial charge in [0.15, 0.2) is 5.58 Å². The molecule has 6 nitrogen and oxygen atoms in total. The molecule has 0 spiro atoms. The molecule has 6 heteroatoms. The first kappa shape index (κ1) is 16.6. The van der Waals surface area contributed by atoms with E-state index in [0.717, 1.165) is 34.7 Å². The highest BCUT2D eigenvalue weighted by atomic mass is 16.5. The predicted molar refractivity (Wildman–Crippen MR) is 97.0 cm³/mol. The molecule has 1 aliphatic rings. The lowest BCUT2D eigenvalue weighted by Crippen LogP contribution is -2.39. The fraction of sp³-hybridized carbons (Fsp3) is 0.350. The maximum atomic E-state index is 12.3. The SMILES string of the molecule is CCCCOc1ccc2c(ccc3onc(C4CCC(=O)NC4=O)c32)c1. The van der Waals surface area contributed by atoms with E-state index in [-0.39, 0.29) is 11.8 Å². The molecule has 2 heterocycles. The van der Waals surface area contributed by atoms with Crippen molar-refractivity contribution in [1.82, 2.24) is 10.5 Å². The molecule has 1 saturated heterocycles. The maximum Gasteiger partial charge on any atom is 0.235 e. The van der Waals surface area contributed by atoms with E-state index in [2.05, 4.69) is 17.4 Å². The van der Waals surface area contributed by atoms with Gasteiger partial charge in [0.05, 0.1) is 17.9 Å². The van der Waals surface area contributed by atoms with E-state index in [1.165, 1.54) is 0 Å². The number of amides is 2. The van der Waals surface area contributed by atoms with E-state index in [9.17, 15) is 9.59 Å². The first-order valence-electron chi connectivity index (χ1n) is 8.96. The van der Waals surface area contributed by atoms with E-state index in [1.54, 1.807) is 0 Å². The van der Waals surface area contributed by atoms with Gasteiger partial charge in [0, 0.05) is 6.42 Å². The number of imide groups is 1. The summed E-state index contributed by atoms with van der Waals surface area (Å²) in [6.07, 6.45) is 2.86. The summed E-state index contributed by atoms with van der Waals surface area (Å²) in [4.78, 5) is 23.7. The molecule has 1 atom stereocenters. The van der Waals surface area contributed by atoms with Crippen LogP contribution in [0.3, 0.4) is 0 Å². The average molecular weight is 352 g/mol. The number of rotatable bonds is 5. The highest BCUT2D eigenvalue weighted by Crippen LogP contribution is 2.36. The zero-order chi connectivity index (χ0) is 18.1. The lowest BCUT2D eigenvalue weighted by Gasteiger charge is -2.19. The molecule has 0 aliphatic carbocycles. The van der Waals surface area contributed by atoms with Crippen LogP contribution in [0.1, 0.15) is 44.2 Å². The number of hydrogen-bond donors (Lipinski definition) is 1. The second kappa shape index (κ2) is 6.78. The summed E-state index contributed by atoms with van der Waals surface area (Å²) in [5.74, 6) is -0.199. The fourth-order valence-corrected chi connectivity index (χ4v) is 3.39. The molecule has 26 heavy (non-hydrogen) atoms. The van der Waals surface area contributed by atoms with Crippen LogP contribution in [-0.2, 0) is 9.59 Å². The van der Waals surface area contributed by atoms with Crippen LogP contribution in [0.4, 0.5) is 0 Å². The van der Waals surface area contributed by atoms with Gasteiger partial charge in [-0.2, -0.15) is 0 Å². The van der Waals surface area contributed by atoms with E-state index < -0.39 is 5.92 Å². The lowest BCUT2D eigenvalue weighted by atomic mass is 9.91. The Hall–Kier alpha value is -2.89. The van der Waals surface area contributed by atoms with Crippen LogP contribution in [0.15, 0.2) is 34.9 Å². The van der Waals surface area contributed by atoms with Crippen molar-refractivity contribution in [3.05, 3.63) is 36.0 Å². The molecule has 2 aromatic carbocycles. The Kier molecular flexibility index (Phi) is 4.32. The topological polar surface area (TPSA) is 81.4 Å². The van der Waals surface area contributed by atoms with Gasteiger partial charge in [-0.25, -0.2) is 0 Å². The Balaban J connectivity index is 1.75. The number of carbonyl (C=O) groups excluding carboxylic acids is 2. The molecular formula is C20H20N2O4. The van der Waals surface area contributed by atoms with Crippen molar-refractivity contribution in [2.24, 2.45) is 0 Å². The quantitative estimate of drug-likeness (QED) is 0.559. The Morgan fingerprint density at radius 3 is 2.96 bits per heavy atom. The zero-order valence-corrected chi connectivity index (χ0v) is 14.6. The molecule has 1 N–H and O–H groups in total. The summed E-state index contributed by atoms with van der Waals surface area (Å²) in [7, 11) is 0. The minimum Gasteiger partial charge on any atom is -0.494 e. The van der Waals surface area contributed by atoms with Crippen molar-refractivity contribution >= 4 is 33.6 Å². The van der Waals surface area contributed by atoms with E-state index in [0.29, 0.717) is 30.7 Å². The monoisotopic (exact) mass is 352 g/mol. The third-order valence-corrected chi connectivity index (χ3v) is 4.79. The van der Waals surface area contributed by atoms with Crippen molar-refractivity contribution in [3.8, 4) is 5.75 Å². The maximum absolute atomic E-state index is 12.3. The molecule has 1 unspecified atom stereocenters. The second-order valence-corrected chi connectivity index (χ2v) is 6.60. The first-order valence-corrected chi connectivity index (χ1v) is 8.96. The van der Waals surface area contributed by atoms with Crippen molar-refractivity contribution in [2.75, 3.05) is 6.61 Å². The summed E-state index contributed by atoms with van der Waals surface area (Å²) < 4.78 is 11.2. The number of nitrogens with one attached hydrogen (secondary N) is 1. The predicted octanol–water partition coefficient (Wildman–Crippen LogP) is 3.68. The highest BCUT2D eigenvalue weighted by Gasteiger charge is 2.32. The molecule has 0 bridgehead atoms. The number of aromatic nitrogens is 1. The highest BCUT2D eigenvalue weighted by molar-refractivity contribution is 6.10. The first-order chi connectivity index (χ1) is 12.7. The Morgan fingerprint density at radius 1 is 1.27 bits per heavy atom. The normalized spacial score (nSPS) is 17.7. The minimum atomic E-state index is -0.472. The number of ether oxygens (including phenoxy) is 1. The summed E-state index contributed by atoms with van der Waals surface area (Å²) in [6, 6.07) is 9.72. The van der Waals surface area contributed by atoms with E-state index in [4.69, 9.17) is 9.26 Å². The minimum absolute atomic E-state index is 0.238. The largest absolute Gasteiger partial charge is 0.494 e. The zero-order valence-electron chi connectivity index (χ0n) is 14.6. The number of piperidine rings is 1. The third kappa shape index (κ3) is 2.92. The summed E-state index contributed by atoms with van der Waals surface area (Å²) in [6.45, 7) is 2.82. The number of nitrogens with zero attached hydrogens (tertiary/aromatic N) is 1. The van der Waals surface area contributed by atoms with Gasteiger partial charge in [-0.3, -0.25) is 14.9 Å². The molecule has 0 saturated carbocycles. The number of fused-ring (bicyclic) bond motifs is 3. The van der Waals surface area contributed by atoms with Gasteiger partial charge in [-0.1, -0.05) is 24.6 Å². The van der Waals surface area contributed by atoms with Crippen LogP contribution in [-0.4, -0.2) is 23.6 Å². The summed E-state index contributed by atoms with van der Waals surface area (Å²) in [5, 5.41) is 9.34. The molecule has 1 fully saturated rings. The molecule has 0 radical (unpaired) electrons. The number of unbranched alkanes of at least 4 members (excludes halogenated alkanes) is 1. The van der Waals surface area contributed by atoms with Crippen LogP contribution >= 0.6 is 0 Å². The fourth-order valence-electron chi connectivity index (χ4n) is 3.39.